The summed E-state index contributed by atoms with van der Waals surface area (Å²) in [5.74, 6) is -0.650. The zero-order chi connectivity index (χ0) is 18.5. The van der Waals surface area contributed by atoms with Gasteiger partial charge in [0.15, 0.2) is 0 Å². The van der Waals surface area contributed by atoms with Gasteiger partial charge >= 0.3 is 5.97 Å². The fraction of sp³-hybridized carbons (Fsp3) is 0.176. The third-order valence-corrected chi connectivity index (χ3v) is 3.56. The molecule has 1 aromatic carbocycles. The van der Waals surface area contributed by atoms with Gasteiger partial charge in [-0.3, -0.25) is 19.0 Å². The van der Waals surface area contributed by atoms with E-state index in [1.165, 1.54) is 17.1 Å². The molecule has 0 aliphatic rings. The van der Waals surface area contributed by atoms with E-state index in [1.54, 1.807) is 24.2 Å². The third-order valence-electron chi connectivity index (χ3n) is 3.56. The molecule has 0 spiro atoms. The van der Waals surface area contributed by atoms with Crippen LogP contribution in [0, 0.1) is 0 Å². The molecular weight excluding hydrogens is 338 g/mol. The van der Waals surface area contributed by atoms with Gasteiger partial charge in [0.05, 0.1) is 37.3 Å². The molecule has 0 saturated carbocycles. The highest BCUT2D eigenvalue weighted by atomic mass is 16.5. The second-order valence-corrected chi connectivity index (χ2v) is 5.55. The van der Waals surface area contributed by atoms with Gasteiger partial charge in [-0.1, -0.05) is 12.1 Å². The predicted molar refractivity (Wildman–Crippen MR) is 92.1 cm³/mol. The number of hydrogen-bond donors (Lipinski definition) is 2. The second-order valence-electron chi connectivity index (χ2n) is 5.55. The lowest BCUT2D eigenvalue weighted by molar-refractivity contribution is -0.137. The van der Waals surface area contributed by atoms with Crippen LogP contribution in [0.2, 0.25) is 0 Å². The van der Waals surface area contributed by atoms with E-state index in [0.29, 0.717) is 12.2 Å². The van der Waals surface area contributed by atoms with Crippen LogP contribution in [0.5, 0.6) is 5.75 Å². The van der Waals surface area contributed by atoms with Crippen LogP contribution in [-0.2, 0) is 17.9 Å². The quantitative estimate of drug-likeness (QED) is 0.664. The lowest BCUT2D eigenvalue weighted by atomic mass is 10.2. The average Bonchev–Trinajstić information content (AvgIpc) is 3.24. The van der Waals surface area contributed by atoms with Crippen molar-refractivity contribution in [2.24, 2.45) is 0 Å². The Bertz CT molecular complexity index is 931. The van der Waals surface area contributed by atoms with Crippen molar-refractivity contribution < 1.29 is 19.4 Å². The highest BCUT2D eigenvalue weighted by Gasteiger charge is 2.11. The molecule has 3 aromatic rings. The highest BCUT2D eigenvalue weighted by Crippen LogP contribution is 2.15. The van der Waals surface area contributed by atoms with Crippen molar-refractivity contribution in [1.82, 2.24) is 19.6 Å². The number of nitrogens with zero attached hydrogens (tertiary/aromatic N) is 4. The number of carbonyl (C=O) groups is 2. The van der Waals surface area contributed by atoms with Gasteiger partial charge in [-0.15, -0.1) is 0 Å². The minimum atomic E-state index is -1.03. The lowest BCUT2D eigenvalue weighted by Crippen LogP contribution is -2.11. The molecular formula is C17H17N5O4. The minimum Gasteiger partial charge on any atom is -0.497 e. The molecule has 0 aliphatic carbocycles. The van der Waals surface area contributed by atoms with Crippen molar-refractivity contribution in [2.45, 2.75) is 13.1 Å². The molecule has 26 heavy (non-hydrogen) atoms. The molecule has 0 fully saturated rings. The molecule has 0 saturated heterocycles. The zero-order valence-corrected chi connectivity index (χ0v) is 14.0. The summed E-state index contributed by atoms with van der Waals surface area (Å²) in [4.78, 5) is 22.9. The van der Waals surface area contributed by atoms with Crippen LogP contribution in [0.1, 0.15) is 15.9 Å². The number of hydrogen-bond acceptors (Lipinski definition) is 5. The number of amides is 1. The van der Waals surface area contributed by atoms with Crippen molar-refractivity contribution in [1.29, 1.82) is 0 Å². The predicted octanol–water partition coefficient (Wildman–Crippen LogP) is 1.47. The first kappa shape index (κ1) is 17.2. The van der Waals surface area contributed by atoms with Crippen molar-refractivity contribution in [2.75, 3.05) is 12.4 Å². The largest absolute Gasteiger partial charge is 0.497 e. The monoisotopic (exact) mass is 355 g/mol. The molecule has 0 radical (unpaired) electrons. The Hall–Kier alpha value is -3.62. The molecule has 9 nitrogen and oxygen atoms in total. The summed E-state index contributed by atoms with van der Waals surface area (Å²) < 4.78 is 8.07. The van der Waals surface area contributed by atoms with E-state index in [-0.39, 0.29) is 18.0 Å². The highest BCUT2D eigenvalue weighted by molar-refractivity contribution is 6.03. The topological polar surface area (TPSA) is 111 Å². The minimum absolute atomic E-state index is 0.270. The van der Waals surface area contributed by atoms with E-state index in [9.17, 15) is 9.59 Å². The summed E-state index contributed by atoms with van der Waals surface area (Å²) in [6.07, 6.45) is 5.95. The van der Waals surface area contributed by atoms with E-state index in [4.69, 9.17) is 9.84 Å². The first-order chi connectivity index (χ1) is 12.5. The van der Waals surface area contributed by atoms with Gasteiger partial charge in [-0.25, -0.2) is 0 Å². The number of nitrogens with one attached hydrogen (secondary N) is 1. The van der Waals surface area contributed by atoms with E-state index in [1.807, 2.05) is 24.3 Å². The smallest absolute Gasteiger partial charge is 0.325 e. The van der Waals surface area contributed by atoms with E-state index < -0.39 is 5.97 Å². The van der Waals surface area contributed by atoms with Gasteiger partial charge in [0.25, 0.3) is 5.91 Å². The molecule has 0 bridgehead atoms. The summed E-state index contributed by atoms with van der Waals surface area (Å²) in [6, 6.07) is 7.63. The fourth-order valence-corrected chi connectivity index (χ4v) is 2.38. The first-order valence-electron chi connectivity index (χ1n) is 7.74. The fourth-order valence-electron chi connectivity index (χ4n) is 2.38. The molecule has 2 N–H and O–H groups in total. The van der Waals surface area contributed by atoms with Crippen LogP contribution in [-0.4, -0.2) is 43.7 Å². The molecule has 0 aliphatic heterocycles. The number of carboxylic acid groups (broad SMARTS) is 1. The Morgan fingerprint density at radius 1 is 1.19 bits per heavy atom. The van der Waals surface area contributed by atoms with Crippen LogP contribution in [0.25, 0.3) is 0 Å². The molecule has 2 heterocycles. The SMILES string of the molecule is COc1cccc(Cn2cc(NC(=O)c3cnn(CC(=O)O)c3)cn2)c1. The van der Waals surface area contributed by atoms with Gasteiger partial charge in [0.2, 0.25) is 0 Å². The molecule has 0 unspecified atom stereocenters. The molecule has 2 aromatic heterocycles. The van der Waals surface area contributed by atoms with E-state index in [0.717, 1.165) is 11.3 Å². The Morgan fingerprint density at radius 2 is 2.00 bits per heavy atom. The Labute approximate surface area is 148 Å². The third kappa shape index (κ3) is 4.26. The van der Waals surface area contributed by atoms with Crippen LogP contribution in [0.3, 0.4) is 0 Å². The maximum Gasteiger partial charge on any atom is 0.325 e. The maximum atomic E-state index is 12.2. The molecule has 9 heteroatoms. The summed E-state index contributed by atoms with van der Waals surface area (Å²) >= 11 is 0. The standard InChI is InChI=1S/C17H17N5O4/c1-26-15-4-2-3-12(5-15)8-21-10-14(7-19-21)20-17(25)13-6-18-22(9-13)11-16(23)24/h2-7,9-10H,8,11H2,1H3,(H,20,25)(H,23,24). The molecule has 134 valence electrons. The van der Waals surface area contributed by atoms with Crippen molar-refractivity contribution in [3.8, 4) is 5.75 Å². The van der Waals surface area contributed by atoms with Gasteiger partial charge in [-0.05, 0) is 17.7 Å². The van der Waals surface area contributed by atoms with E-state index in [2.05, 4.69) is 15.5 Å². The summed E-state index contributed by atoms with van der Waals surface area (Å²) in [5.41, 5.74) is 1.82. The van der Waals surface area contributed by atoms with Crippen molar-refractivity contribution in [3.63, 3.8) is 0 Å². The van der Waals surface area contributed by atoms with Crippen LogP contribution in [0.4, 0.5) is 5.69 Å². The molecule has 3 rings (SSSR count). The van der Waals surface area contributed by atoms with Gasteiger partial charge < -0.3 is 15.2 Å². The number of methoxy groups -OCH3 is 1. The van der Waals surface area contributed by atoms with Crippen molar-refractivity contribution >= 4 is 17.6 Å². The van der Waals surface area contributed by atoms with Gasteiger partial charge in [0.1, 0.15) is 12.3 Å². The second kappa shape index (κ2) is 7.51. The average molecular weight is 355 g/mol. The zero-order valence-electron chi connectivity index (χ0n) is 14.0. The Morgan fingerprint density at radius 3 is 2.77 bits per heavy atom. The Kier molecular flexibility index (Phi) is 4.97. The summed E-state index contributed by atoms with van der Waals surface area (Å²) in [6.45, 7) is 0.232. The summed E-state index contributed by atoms with van der Waals surface area (Å²) in [5, 5.41) is 19.5. The summed E-state index contributed by atoms with van der Waals surface area (Å²) in [7, 11) is 1.61. The number of aromatic nitrogens is 4. The number of carbonyl (C=O) groups excluding carboxylic acids is 1. The lowest BCUT2D eigenvalue weighted by Gasteiger charge is -2.04. The number of carboxylic acids is 1. The van der Waals surface area contributed by atoms with Crippen LogP contribution < -0.4 is 10.1 Å². The van der Waals surface area contributed by atoms with Gasteiger partial charge in [-0.2, -0.15) is 10.2 Å². The number of ether oxygens (including phenoxy) is 1. The van der Waals surface area contributed by atoms with Crippen LogP contribution in [0.15, 0.2) is 49.1 Å². The maximum absolute atomic E-state index is 12.2. The Balaban J connectivity index is 1.63. The van der Waals surface area contributed by atoms with Crippen molar-refractivity contribution in [3.05, 3.63) is 60.2 Å². The van der Waals surface area contributed by atoms with Gasteiger partial charge in [0, 0.05) is 12.4 Å². The molecule has 1 amide bonds. The number of aliphatic carboxylic acids is 1. The van der Waals surface area contributed by atoms with E-state index >= 15 is 0 Å². The van der Waals surface area contributed by atoms with Crippen LogP contribution >= 0.6 is 0 Å². The number of benzene rings is 1. The number of anilines is 1. The first-order valence-corrected chi connectivity index (χ1v) is 7.74. The number of rotatable bonds is 7. The molecule has 0 atom stereocenters. The normalized spacial score (nSPS) is 10.5.